The Balaban J connectivity index is 1.67. The monoisotopic (exact) mass is 566 g/mol. The van der Waals surface area contributed by atoms with E-state index in [9.17, 15) is 13.2 Å². The van der Waals surface area contributed by atoms with Crippen molar-refractivity contribution in [1.82, 2.24) is 5.32 Å². The standard InChI is InChI=1S/C26H28Cl2N2O4S2/c1-19-8-11-22(12-9-19)36(32,33)30(24-16-21(27)10-13-25(24)34-2)17-26(31)29-14-5-15-35-18-20-6-3-4-7-23(20)28/h3-4,6-13,16H,5,14-15,17-18H2,1-2H3,(H,29,31). The maximum atomic E-state index is 13.6. The van der Waals surface area contributed by atoms with Gasteiger partial charge in [0.15, 0.2) is 0 Å². The number of carbonyl (C=O) groups is 1. The number of anilines is 1. The van der Waals surface area contributed by atoms with Gasteiger partial charge in [0.1, 0.15) is 12.3 Å². The molecule has 0 aliphatic rings. The van der Waals surface area contributed by atoms with Crippen LogP contribution >= 0.6 is 35.0 Å². The molecule has 0 radical (unpaired) electrons. The van der Waals surface area contributed by atoms with Crippen LogP contribution in [0.25, 0.3) is 0 Å². The third kappa shape index (κ3) is 7.56. The number of hydrogen-bond donors (Lipinski definition) is 1. The highest BCUT2D eigenvalue weighted by Crippen LogP contribution is 2.34. The van der Waals surface area contributed by atoms with Crippen LogP contribution in [0.15, 0.2) is 71.6 Å². The molecular formula is C26H28Cl2N2O4S2. The van der Waals surface area contributed by atoms with Crippen LogP contribution in [0.3, 0.4) is 0 Å². The van der Waals surface area contributed by atoms with Gasteiger partial charge in [-0.1, -0.05) is 59.1 Å². The first kappa shape index (κ1) is 28.2. The topological polar surface area (TPSA) is 75.7 Å². The van der Waals surface area contributed by atoms with Crippen molar-refractivity contribution < 1.29 is 17.9 Å². The Kier molecular flexibility index (Phi) is 10.4. The minimum absolute atomic E-state index is 0.0684. The Morgan fingerprint density at radius 3 is 2.47 bits per heavy atom. The van der Waals surface area contributed by atoms with Gasteiger partial charge >= 0.3 is 0 Å². The van der Waals surface area contributed by atoms with E-state index in [0.29, 0.717) is 17.3 Å². The maximum Gasteiger partial charge on any atom is 0.264 e. The molecule has 0 aliphatic heterocycles. The summed E-state index contributed by atoms with van der Waals surface area (Å²) in [6.45, 7) is 1.87. The number of sulfonamides is 1. The first-order valence-electron chi connectivity index (χ1n) is 11.2. The molecule has 3 rings (SSSR count). The quantitative estimate of drug-likeness (QED) is 0.274. The van der Waals surface area contributed by atoms with Crippen LogP contribution in [0.2, 0.25) is 10.0 Å². The number of amides is 1. The molecule has 0 bridgehead atoms. The van der Waals surface area contributed by atoms with E-state index in [-0.39, 0.29) is 10.6 Å². The van der Waals surface area contributed by atoms with Crippen molar-refractivity contribution in [2.24, 2.45) is 0 Å². The fourth-order valence-electron chi connectivity index (χ4n) is 3.38. The Labute approximate surface area is 227 Å². The summed E-state index contributed by atoms with van der Waals surface area (Å²) in [5.74, 6) is 1.46. The van der Waals surface area contributed by atoms with Gasteiger partial charge in [-0.05, 0) is 61.1 Å². The Bertz CT molecular complexity index is 1290. The molecule has 36 heavy (non-hydrogen) atoms. The van der Waals surface area contributed by atoms with Crippen LogP contribution < -0.4 is 14.4 Å². The van der Waals surface area contributed by atoms with Crippen LogP contribution in [-0.2, 0) is 20.6 Å². The van der Waals surface area contributed by atoms with E-state index in [1.54, 1.807) is 36.0 Å². The van der Waals surface area contributed by atoms with Crippen molar-refractivity contribution in [3.63, 3.8) is 0 Å². The molecule has 192 valence electrons. The molecular weight excluding hydrogens is 539 g/mol. The lowest BCUT2D eigenvalue weighted by molar-refractivity contribution is -0.119. The predicted molar refractivity (Wildman–Crippen MR) is 149 cm³/mol. The van der Waals surface area contributed by atoms with Gasteiger partial charge in [0, 0.05) is 22.3 Å². The van der Waals surface area contributed by atoms with Crippen LogP contribution in [0, 0.1) is 6.92 Å². The fourth-order valence-corrected chi connectivity index (χ4v) is 6.22. The molecule has 3 aromatic rings. The summed E-state index contributed by atoms with van der Waals surface area (Å²) in [7, 11) is -2.64. The van der Waals surface area contributed by atoms with E-state index in [2.05, 4.69) is 5.32 Å². The van der Waals surface area contributed by atoms with E-state index < -0.39 is 22.5 Å². The van der Waals surface area contributed by atoms with Crippen LogP contribution in [0.1, 0.15) is 17.5 Å². The first-order chi connectivity index (χ1) is 17.2. The molecule has 1 N–H and O–H groups in total. The SMILES string of the molecule is COc1ccc(Cl)cc1N(CC(=O)NCCCSCc1ccccc1Cl)S(=O)(=O)c1ccc(C)cc1. The molecule has 3 aromatic carbocycles. The van der Waals surface area contributed by atoms with E-state index in [0.717, 1.165) is 38.4 Å². The third-order valence-corrected chi connectivity index (χ3v) is 8.78. The predicted octanol–water partition coefficient (Wildman–Crippen LogP) is 5.95. The number of methoxy groups -OCH3 is 1. The highest BCUT2D eigenvalue weighted by Gasteiger charge is 2.29. The lowest BCUT2D eigenvalue weighted by atomic mass is 10.2. The van der Waals surface area contributed by atoms with Gasteiger partial charge in [0.05, 0.1) is 17.7 Å². The summed E-state index contributed by atoms with van der Waals surface area (Å²) in [5.41, 5.74) is 2.18. The Morgan fingerprint density at radius 1 is 1.06 bits per heavy atom. The minimum Gasteiger partial charge on any atom is -0.495 e. The van der Waals surface area contributed by atoms with Crippen LogP contribution in [0.4, 0.5) is 5.69 Å². The number of nitrogens with one attached hydrogen (secondary N) is 1. The maximum absolute atomic E-state index is 13.6. The molecule has 0 saturated heterocycles. The summed E-state index contributed by atoms with van der Waals surface area (Å²) in [4.78, 5) is 12.9. The number of aryl methyl sites for hydroxylation is 1. The summed E-state index contributed by atoms with van der Waals surface area (Å²) in [5, 5.41) is 3.88. The number of halogens is 2. The summed E-state index contributed by atoms with van der Waals surface area (Å²) in [6.07, 6.45) is 0.728. The number of nitrogens with zero attached hydrogens (tertiary/aromatic N) is 1. The van der Waals surface area contributed by atoms with Crippen molar-refractivity contribution >= 4 is 56.6 Å². The van der Waals surface area contributed by atoms with E-state index in [4.69, 9.17) is 27.9 Å². The van der Waals surface area contributed by atoms with Gasteiger partial charge < -0.3 is 10.1 Å². The van der Waals surface area contributed by atoms with E-state index in [1.807, 2.05) is 31.2 Å². The van der Waals surface area contributed by atoms with Gasteiger partial charge in [-0.3, -0.25) is 9.10 Å². The average Bonchev–Trinajstić information content (AvgIpc) is 2.86. The zero-order valence-corrected chi connectivity index (χ0v) is 23.2. The summed E-state index contributed by atoms with van der Waals surface area (Å²) >= 11 is 14.1. The van der Waals surface area contributed by atoms with E-state index >= 15 is 0 Å². The zero-order chi connectivity index (χ0) is 26.1. The average molecular weight is 568 g/mol. The summed E-state index contributed by atoms with van der Waals surface area (Å²) in [6, 6.07) is 18.8. The number of carbonyl (C=O) groups excluding carboxylic acids is 1. The van der Waals surface area contributed by atoms with Crippen molar-refractivity contribution in [1.29, 1.82) is 0 Å². The van der Waals surface area contributed by atoms with E-state index in [1.165, 1.54) is 25.3 Å². The highest BCUT2D eigenvalue weighted by molar-refractivity contribution is 7.98. The molecule has 0 saturated carbocycles. The number of hydrogen-bond acceptors (Lipinski definition) is 5. The number of rotatable bonds is 12. The minimum atomic E-state index is -4.07. The smallest absolute Gasteiger partial charge is 0.264 e. The molecule has 0 atom stereocenters. The molecule has 0 unspecified atom stereocenters. The Hall–Kier alpha value is -2.39. The zero-order valence-electron chi connectivity index (χ0n) is 20.0. The number of benzene rings is 3. The Morgan fingerprint density at radius 2 is 1.78 bits per heavy atom. The van der Waals surface area contributed by atoms with Crippen LogP contribution in [-0.4, -0.2) is 40.3 Å². The molecule has 10 heteroatoms. The molecule has 1 amide bonds. The normalized spacial score (nSPS) is 11.2. The molecule has 0 fully saturated rings. The lowest BCUT2D eigenvalue weighted by Gasteiger charge is -2.26. The highest BCUT2D eigenvalue weighted by atomic mass is 35.5. The fraction of sp³-hybridized carbons (Fsp3) is 0.269. The molecule has 0 heterocycles. The number of ether oxygens (including phenoxy) is 1. The molecule has 0 aliphatic carbocycles. The van der Waals surface area contributed by atoms with Crippen molar-refractivity contribution in [3.8, 4) is 5.75 Å². The summed E-state index contributed by atoms with van der Waals surface area (Å²) < 4.78 is 33.5. The lowest BCUT2D eigenvalue weighted by Crippen LogP contribution is -2.41. The second-order valence-electron chi connectivity index (χ2n) is 7.99. The third-order valence-electron chi connectivity index (χ3n) is 5.31. The second-order valence-corrected chi connectivity index (χ2v) is 11.8. The van der Waals surface area contributed by atoms with Crippen molar-refractivity contribution in [3.05, 3.63) is 87.9 Å². The van der Waals surface area contributed by atoms with Crippen molar-refractivity contribution in [2.75, 3.05) is 30.3 Å². The first-order valence-corrected chi connectivity index (χ1v) is 14.6. The van der Waals surface area contributed by atoms with Gasteiger partial charge in [-0.25, -0.2) is 8.42 Å². The van der Waals surface area contributed by atoms with Gasteiger partial charge in [-0.2, -0.15) is 11.8 Å². The van der Waals surface area contributed by atoms with Crippen molar-refractivity contribution in [2.45, 2.75) is 24.0 Å². The van der Waals surface area contributed by atoms with Gasteiger partial charge in [0.25, 0.3) is 10.0 Å². The second kappa shape index (κ2) is 13.2. The molecule has 0 aromatic heterocycles. The molecule has 6 nitrogen and oxygen atoms in total. The van der Waals surface area contributed by atoms with Gasteiger partial charge in [0.2, 0.25) is 5.91 Å². The molecule has 0 spiro atoms. The van der Waals surface area contributed by atoms with Crippen LogP contribution in [0.5, 0.6) is 5.75 Å². The van der Waals surface area contributed by atoms with Gasteiger partial charge in [-0.15, -0.1) is 0 Å². The number of thioether (sulfide) groups is 1. The largest absolute Gasteiger partial charge is 0.495 e.